The van der Waals surface area contributed by atoms with E-state index in [2.05, 4.69) is 31.4 Å². The van der Waals surface area contributed by atoms with Crippen molar-refractivity contribution in [3.63, 3.8) is 0 Å². The maximum Gasteiger partial charge on any atom is 0.256 e. The van der Waals surface area contributed by atoms with Gasteiger partial charge in [-0.15, -0.1) is 11.3 Å². The minimum absolute atomic E-state index is 0.00574. The third kappa shape index (κ3) is 2.91. The summed E-state index contributed by atoms with van der Waals surface area (Å²) >= 11 is 1.73. The molecule has 1 aliphatic heterocycles. The first-order valence-corrected chi connectivity index (χ1v) is 9.65. The fourth-order valence-electron chi connectivity index (χ4n) is 3.91. The molecule has 1 aromatic carbocycles. The summed E-state index contributed by atoms with van der Waals surface area (Å²) in [7, 11) is 0. The first kappa shape index (κ1) is 16.5. The van der Waals surface area contributed by atoms with Gasteiger partial charge in [-0.25, -0.2) is 0 Å². The van der Waals surface area contributed by atoms with E-state index in [1.807, 2.05) is 6.07 Å². The molecule has 3 N–H and O–H groups in total. The highest BCUT2D eigenvalue weighted by Gasteiger charge is 2.36. The van der Waals surface area contributed by atoms with Crippen LogP contribution in [-0.2, 0) is 12.8 Å². The number of fused-ring (bicyclic) bond motifs is 3. The zero-order valence-corrected chi connectivity index (χ0v) is 15.7. The second-order valence-electron chi connectivity index (χ2n) is 8.16. The number of carbonyl (C=O) groups is 1. The van der Waals surface area contributed by atoms with E-state index in [4.69, 9.17) is 0 Å². The Morgan fingerprint density at radius 3 is 2.76 bits per heavy atom. The zero-order chi connectivity index (χ0) is 17.8. The monoisotopic (exact) mass is 356 g/mol. The third-order valence-corrected chi connectivity index (χ3v) is 6.66. The predicted octanol–water partition coefficient (Wildman–Crippen LogP) is 4.46. The van der Waals surface area contributed by atoms with Crippen molar-refractivity contribution in [3.8, 4) is 5.75 Å². The SMILES string of the molecule is CC(C)(C)[C@@H]1CCc2c(sc3c2C(=O)N[C@@H](c2cccc(O)c2)N3)C1. The summed E-state index contributed by atoms with van der Waals surface area (Å²) in [5.74, 6) is 0.858. The number of phenolic OH excluding ortho intramolecular Hbond substituents is 1. The Morgan fingerprint density at radius 2 is 2.04 bits per heavy atom. The zero-order valence-electron chi connectivity index (χ0n) is 14.8. The summed E-state index contributed by atoms with van der Waals surface area (Å²) < 4.78 is 0. The summed E-state index contributed by atoms with van der Waals surface area (Å²) in [4.78, 5) is 14.1. The number of hydrogen-bond donors (Lipinski definition) is 3. The number of hydrogen-bond acceptors (Lipinski definition) is 4. The van der Waals surface area contributed by atoms with Gasteiger partial charge in [-0.1, -0.05) is 32.9 Å². The van der Waals surface area contributed by atoms with Crippen LogP contribution in [-0.4, -0.2) is 11.0 Å². The molecule has 0 bridgehead atoms. The van der Waals surface area contributed by atoms with Crippen LogP contribution in [0.15, 0.2) is 24.3 Å². The standard InChI is InChI=1S/C20H24N2O2S/c1-20(2,3)12-7-8-14-15(10-12)25-19-16(14)18(24)21-17(22-19)11-5-4-6-13(23)9-11/h4-6,9,12,17,22-23H,7-8,10H2,1-3H3,(H,21,24)/t12-,17-/m1/s1. The molecule has 5 heteroatoms. The van der Waals surface area contributed by atoms with Crippen LogP contribution in [0, 0.1) is 11.3 Å². The van der Waals surface area contributed by atoms with Crippen LogP contribution in [0.1, 0.15) is 59.7 Å². The Kier molecular flexibility index (Phi) is 3.80. The molecule has 2 aliphatic rings. The molecule has 132 valence electrons. The van der Waals surface area contributed by atoms with Crippen molar-refractivity contribution in [1.82, 2.24) is 5.32 Å². The number of benzene rings is 1. The largest absolute Gasteiger partial charge is 0.508 e. The second-order valence-corrected chi connectivity index (χ2v) is 9.26. The van der Waals surface area contributed by atoms with Crippen molar-refractivity contribution < 1.29 is 9.90 Å². The van der Waals surface area contributed by atoms with Gasteiger partial charge in [0.05, 0.1) is 5.56 Å². The fraction of sp³-hybridized carbons (Fsp3) is 0.450. The molecule has 1 amide bonds. The van der Waals surface area contributed by atoms with E-state index < -0.39 is 0 Å². The van der Waals surface area contributed by atoms with Crippen LogP contribution in [0.25, 0.3) is 0 Å². The van der Waals surface area contributed by atoms with Crippen molar-refractivity contribution in [2.75, 3.05) is 5.32 Å². The molecule has 0 saturated carbocycles. The lowest BCUT2D eigenvalue weighted by Crippen LogP contribution is -2.38. The normalized spacial score (nSPS) is 22.6. The highest BCUT2D eigenvalue weighted by Crippen LogP contribution is 2.46. The van der Waals surface area contributed by atoms with Gasteiger partial charge in [0.2, 0.25) is 0 Å². The molecule has 2 heterocycles. The summed E-state index contributed by atoms with van der Waals surface area (Å²) in [6, 6.07) is 7.02. The van der Waals surface area contributed by atoms with Crippen LogP contribution in [0.2, 0.25) is 0 Å². The van der Waals surface area contributed by atoms with Crippen LogP contribution < -0.4 is 10.6 Å². The lowest BCUT2D eigenvalue weighted by atomic mass is 9.72. The fourth-order valence-corrected chi connectivity index (χ4v) is 5.26. The van der Waals surface area contributed by atoms with E-state index >= 15 is 0 Å². The molecule has 2 aromatic rings. The van der Waals surface area contributed by atoms with Gasteiger partial charge in [-0.05, 0) is 53.9 Å². The van der Waals surface area contributed by atoms with Crippen molar-refractivity contribution in [3.05, 3.63) is 45.8 Å². The molecule has 0 saturated heterocycles. The molecule has 0 spiro atoms. The van der Waals surface area contributed by atoms with E-state index in [0.717, 1.165) is 35.4 Å². The van der Waals surface area contributed by atoms with Crippen LogP contribution in [0.5, 0.6) is 5.75 Å². The molecule has 0 radical (unpaired) electrons. The number of aromatic hydroxyl groups is 1. The van der Waals surface area contributed by atoms with Gasteiger partial charge in [0.25, 0.3) is 5.91 Å². The van der Waals surface area contributed by atoms with Gasteiger partial charge in [0.15, 0.2) is 0 Å². The first-order valence-electron chi connectivity index (χ1n) is 8.84. The average molecular weight is 356 g/mol. The van der Waals surface area contributed by atoms with E-state index in [-0.39, 0.29) is 17.8 Å². The number of thiophene rings is 1. The molecule has 2 atom stereocenters. The van der Waals surface area contributed by atoms with E-state index in [1.54, 1.807) is 29.5 Å². The molecule has 1 aromatic heterocycles. The number of carbonyl (C=O) groups excluding carboxylic acids is 1. The molecular formula is C20H24N2O2S. The number of phenols is 1. The molecular weight excluding hydrogens is 332 g/mol. The summed E-state index contributed by atoms with van der Waals surface area (Å²) in [5.41, 5.74) is 3.23. The third-order valence-electron chi connectivity index (χ3n) is 5.47. The molecule has 4 nitrogen and oxygen atoms in total. The Bertz CT molecular complexity index is 835. The van der Waals surface area contributed by atoms with Gasteiger partial charge < -0.3 is 15.7 Å². The summed E-state index contributed by atoms with van der Waals surface area (Å²) in [6.07, 6.45) is 2.88. The van der Waals surface area contributed by atoms with E-state index in [9.17, 15) is 9.90 Å². The van der Waals surface area contributed by atoms with Gasteiger partial charge in [0, 0.05) is 4.88 Å². The van der Waals surface area contributed by atoms with E-state index in [1.165, 1.54) is 10.4 Å². The lowest BCUT2D eigenvalue weighted by Gasteiger charge is -2.34. The molecule has 25 heavy (non-hydrogen) atoms. The minimum Gasteiger partial charge on any atom is -0.508 e. The Balaban J connectivity index is 1.66. The van der Waals surface area contributed by atoms with Gasteiger partial charge >= 0.3 is 0 Å². The maximum atomic E-state index is 12.8. The average Bonchev–Trinajstić information content (AvgIpc) is 2.92. The maximum absolute atomic E-state index is 12.8. The quantitative estimate of drug-likeness (QED) is 0.707. The van der Waals surface area contributed by atoms with Crippen LogP contribution >= 0.6 is 11.3 Å². The molecule has 1 aliphatic carbocycles. The van der Waals surface area contributed by atoms with Gasteiger partial charge in [-0.2, -0.15) is 0 Å². The van der Waals surface area contributed by atoms with Gasteiger partial charge in [0.1, 0.15) is 16.9 Å². The lowest BCUT2D eigenvalue weighted by molar-refractivity contribution is 0.0934. The topological polar surface area (TPSA) is 61.4 Å². The predicted molar refractivity (Wildman–Crippen MR) is 101 cm³/mol. The van der Waals surface area contributed by atoms with Crippen LogP contribution in [0.4, 0.5) is 5.00 Å². The second kappa shape index (κ2) is 5.77. The minimum atomic E-state index is -0.300. The van der Waals surface area contributed by atoms with Crippen molar-refractivity contribution in [1.29, 1.82) is 0 Å². The smallest absolute Gasteiger partial charge is 0.256 e. The van der Waals surface area contributed by atoms with Crippen molar-refractivity contribution in [2.45, 2.75) is 46.2 Å². The molecule has 0 unspecified atom stereocenters. The number of anilines is 1. The highest BCUT2D eigenvalue weighted by atomic mass is 32.1. The number of rotatable bonds is 1. The van der Waals surface area contributed by atoms with E-state index in [0.29, 0.717) is 11.3 Å². The molecule has 4 rings (SSSR count). The number of nitrogens with one attached hydrogen (secondary N) is 2. The van der Waals surface area contributed by atoms with Crippen molar-refractivity contribution >= 4 is 22.2 Å². The highest BCUT2D eigenvalue weighted by molar-refractivity contribution is 7.16. The number of amides is 1. The van der Waals surface area contributed by atoms with Crippen molar-refractivity contribution in [2.24, 2.45) is 11.3 Å². The molecule has 0 fully saturated rings. The Labute approximate surface area is 152 Å². The Morgan fingerprint density at radius 1 is 1.24 bits per heavy atom. The Hall–Kier alpha value is -2.01. The van der Waals surface area contributed by atoms with Crippen LogP contribution in [0.3, 0.4) is 0 Å². The summed E-state index contributed by atoms with van der Waals surface area (Å²) in [5, 5.41) is 17.2. The summed E-state index contributed by atoms with van der Waals surface area (Å²) in [6.45, 7) is 6.91. The van der Waals surface area contributed by atoms with Gasteiger partial charge in [-0.3, -0.25) is 4.79 Å². The first-order chi connectivity index (χ1) is 11.8.